The Morgan fingerprint density at radius 2 is 1.90 bits per heavy atom. The zero-order chi connectivity index (χ0) is 7.82. The first-order chi connectivity index (χ1) is 4.73. The summed E-state index contributed by atoms with van der Waals surface area (Å²) >= 11 is 4.41. The molecule has 3 N–H and O–H groups in total. The molecule has 1 heterocycles. The van der Waals surface area contributed by atoms with Crippen molar-refractivity contribution in [3.63, 3.8) is 0 Å². The maximum atomic E-state index is 8.99. The lowest BCUT2D eigenvalue weighted by atomic mass is 10.5. The molecule has 1 aliphatic heterocycles. The molecule has 0 radical (unpaired) electrons. The maximum absolute atomic E-state index is 8.99. The van der Waals surface area contributed by atoms with Gasteiger partial charge in [0, 0.05) is 13.1 Å². The third-order valence-electron chi connectivity index (χ3n) is 0.846. The number of amides is 1. The molecule has 1 amide bonds. The summed E-state index contributed by atoms with van der Waals surface area (Å²) in [7, 11) is 0. The predicted octanol–water partition coefficient (Wildman–Crippen LogP) is -0.0899. The average Bonchev–Trinajstić information content (AvgIpc) is 1.90. The second-order valence-electron chi connectivity index (χ2n) is 1.67. The molecule has 1 fully saturated rings. The smallest absolute Gasteiger partial charge is 0.311 e. The van der Waals surface area contributed by atoms with Gasteiger partial charge in [-0.25, -0.2) is 0 Å². The van der Waals surface area contributed by atoms with Crippen molar-refractivity contribution in [1.29, 1.82) is 0 Å². The highest BCUT2D eigenvalue weighted by Gasteiger charge is 1.92. The van der Waals surface area contributed by atoms with Crippen molar-refractivity contribution in [2.75, 3.05) is 26.3 Å². The number of primary amides is 1. The van der Waals surface area contributed by atoms with E-state index in [2.05, 4.69) is 22.7 Å². The number of carbonyl (C=O) groups is 1. The van der Waals surface area contributed by atoms with E-state index in [4.69, 9.17) is 9.53 Å². The summed E-state index contributed by atoms with van der Waals surface area (Å²) in [5, 5.41) is 2.30. The van der Waals surface area contributed by atoms with E-state index in [9.17, 15) is 0 Å². The zero-order valence-corrected chi connectivity index (χ0v) is 6.36. The van der Waals surface area contributed by atoms with Gasteiger partial charge in [-0.1, -0.05) is 0 Å². The van der Waals surface area contributed by atoms with Crippen molar-refractivity contribution in [2.45, 2.75) is 0 Å². The van der Waals surface area contributed by atoms with Gasteiger partial charge in [0.05, 0.1) is 13.2 Å². The third kappa shape index (κ3) is 10.6. The molecule has 1 rings (SSSR count). The predicted molar refractivity (Wildman–Crippen MR) is 39.1 cm³/mol. The molecule has 4 nitrogen and oxygen atoms in total. The van der Waals surface area contributed by atoms with E-state index >= 15 is 0 Å². The first kappa shape index (κ1) is 9.68. The van der Waals surface area contributed by atoms with E-state index in [-0.39, 0.29) is 0 Å². The summed E-state index contributed by atoms with van der Waals surface area (Å²) in [6, 6.07) is 0. The normalized spacial score (nSPS) is 16.9. The van der Waals surface area contributed by atoms with Gasteiger partial charge in [-0.3, -0.25) is 4.79 Å². The highest BCUT2D eigenvalue weighted by Crippen LogP contribution is 1.76. The van der Waals surface area contributed by atoms with Crippen molar-refractivity contribution in [3.05, 3.63) is 0 Å². The second-order valence-corrected chi connectivity index (χ2v) is 2.04. The first-order valence-electron chi connectivity index (χ1n) is 2.97. The van der Waals surface area contributed by atoms with Crippen LogP contribution in [0.15, 0.2) is 0 Å². The fourth-order valence-corrected chi connectivity index (χ4v) is 0.516. The van der Waals surface area contributed by atoms with Crippen LogP contribution in [0.3, 0.4) is 0 Å². The quantitative estimate of drug-likeness (QED) is 0.391. The van der Waals surface area contributed by atoms with E-state index in [1.807, 2.05) is 0 Å². The molecule has 0 spiro atoms. The van der Waals surface area contributed by atoms with E-state index in [0.717, 1.165) is 26.3 Å². The largest absolute Gasteiger partial charge is 0.379 e. The summed E-state index contributed by atoms with van der Waals surface area (Å²) in [5.74, 6) is 0. The molecular formula is C5H11ClN2O2. The summed E-state index contributed by atoms with van der Waals surface area (Å²) < 4.78 is 5.01. The number of ether oxygens (including phenoxy) is 1. The Bertz CT molecular complexity index is 80.1. The molecule has 0 saturated carbocycles. The van der Waals surface area contributed by atoms with Gasteiger partial charge < -0.3 is 15.8 Å². The molecule has 60 valence electrons. The fraction of sp³-hybridized carbons (Fsp3) is 0.800. The summed E-state index contributed by atoms with van der Waals surface area (Å²) in [4.78, 5) is 8.99. The molecule has 0 unspecified atom stereocenters. The van der Waals surface area contributed by atoms with Crippen LogP contribution in [-0.4, -0.2) is 31.7 Å². The minimum Gasteiger partial charge on any atom is -0.379 e. The van der Waals surface area contributed by atoms with Gasteiger partial charge in [0.25, 0.3) is 0 Å². The Morgan fingerprint density at radius 3 is 2.00 bits per heavy atom. The molecular weight excluding hydrogens is 156 g/mol. The monoisotopic (exact) mass is 166 g/mol. The lowest BCUT2D eigenvalue weighted by Gasteiger charge is -2.10. The van der Waals surface area contributed by atoms with Gasteiger partial charge >= 0.3 is 5.37 Å². The van der Waals surface area contributed by atoms with Gasteiger partial charge in [0.1, 0.15) is 0 Å². The fourth-order valence-electron chi connectivity index (χ4n) is 0.516. The van der Waals surface area contributed by atoms with Crippen LogP contribution in [0.4, 0.5) is 4.79 Å². The van der Waals surface area contributed by atoms with Crippen molar-refractivity contribution in [2.24, 2.45) is 5.73 Å². The first-order valence-corrected chi connectivity index (χ1v) is 3.34. The van der Waals surface area contributed by atoms with E-state index in [0.29, 0.717) is 0 Å². The van der Waals surface area contributed by atoms with E-state index in [1.165, 1.54) is 0 Å². The van der Waals surface area contributed by atoms with Crippen molar-refractivity contribution >= 4 is 17.0 Å². The lowest BCUT2D eigenvalue weighted by Crippen LogP contribution is -2.30. The summed E-state index contributed by atoms with van der Waals surface area (Å²) in [6.07, 6.45) is 0. The van der Waals surface area contributed by atoms with E-state index in [1.54, 1.807) is 0 Å². The Kier molecular flexibility index (Phi) is 6.58. The Balaban J connectivity index is 0.000000180. The van der Waals surface area contributed by atoms with Gasteiger partial charge in [-0.05, 0) is 11.6 Å². The van der Waals surface area contributed by atoms with E-state index < -0.39 is 5.37 Å². The number of nitrogens with two attached hydrogens (primary N) is 1. The highest BCUT2D eigenvalue weighted by atomic mass is 35.5. The van der Waals surface area contributed by atoms with Gasteiger partial charge in [-0.2, -0.15) is 0 Å². The van der Waals surface area contributed by atoms with Crippen molar-refractivity contribution in [3.8, 4) is 0 Å². The van der Waals surface area contributed by atoms with Crippen LogP contribution in [0.1, 0.15) is 0 Å². The molecule has 0 aliphatic carbocycles. The zero-order valence-electron chi connectivity index (χ0n) is 5.60. The molecule has 0 atom stereocenters. The molecule has 10 heavy (non-hydrogen) atoms. The van der Waals surface area contributed by atoms with Crippen LogP contribution in [0.2, 0.25) is 0 Å². The van der Waals surface area contributed by atoms with Crippen LogP contribution in [0.25, 0.3) is 0 Å². The Labute approximate surface area is 64.7 Å². The molecule has 5 heteroatoms. The topological polar surface area (TPSA) is 64.3 Å². The van der Waals surface area contributed by atoms with Crippen LogP contribution >= 0.6 is 11.6 Å². The van der Waals surface area contributed by atoms with Gasteiger partial charge in [0.15, 0.2) is 0 Å². The number of rotatable bonds is 0. The number of carbonyl (C=O) groups excluding carboxylic acids is 1. The second kappa shape index (κ2) is 6.80. The summed E-state index contributed by atoms with van der Waals surface area (Å²) in [5.41, 5.74) is 4.24. The van der Waals surface area contributed by atoms with Gasteiger partial charge in [-0.15, -0.1) is 0 Å². The highest BCUT2D eigenvalue weighted by molar-refractivity contribution is 6.62. The van der Waals surface area contributed by atoms with Crippen LogP contribution in [-0.2, 0) is 4.74 Å². The molecule has 0 aromatic rings. The number of hydrogen-bond acceptors (Lipinski definition) is 3. The Morgan fingerprint density at radius 1 is 1.50 bits per heavy atom. The molecule has 0 bridgehead atoms. The van der Waals surface area contributed by atoms with Gasteiger partial charge in [0.2, 0.25) is 0 Å². The molecule has 1 saturated heterocycles. The molecule has 1 aliphatic rings. The van der Waals surface area contributed by atoms with Crippen molar-refractivity contribution < 1.29 is 9.53 Å². The molecule has 0 aromatic heterocycles. The van der Waals surface area contributed by atoms with Crippen LogP contribution in [0.5, 0.6) is 0 Å². The Hall–Kier alpha value is -0.320. The minimum absolute atomic E-state index is 0.861. The van der Waals surface area contributed by atoms with Crippen LogP contribution < -0.4 is 11.1 Å². The number of halogens is 1. The standard InChI is InChI=1S/C4H9NO.CH2ClNO/c1-3-6-4-2-5-1;2-1(3)4/h5H,1-4H2;(H2,3,4). The SMILES string of the molecule is C1COCCN1.NC(=O)Cl. The minimum atomic E-state index is -0.861. The third-order valence-corrected chi connectivity index (χ3v) is 0.846. The number of morpholine rings is 1. The summed E-state index contributed by atoms with van der Waals surface area (Å²) in [6.45, 7) is 3.83. The molecule has 0 aromatic carbocycles. The average molecular weight is 167 g/mol. The van der Waals surface area contributed by atoms with Crippen LogP contribution in [0, 0.1) is 0 Å². The lowest BCUT2D eigenvalue weighted by molar-refractivity contribution is 0.109. The maximum Gasteiger partial charge on any atom is 0.311 e. The number of hydrogen-bond donors (Lipinski definition) is 2. The number of nitrogens with one attached hydrogen (secondary N) is 1. The van der Waals surface area contributed by atoms with Crippen molar-refractivity contribution in [1.82, 2.24) is 5.32 Å².